The Morgan fingerprint density at radius 2 is 2.40 bits per heavy atom. The molecule has 0 bridgehead atoms. The molecular weight excluding hydrogens is 192 g/mol. The van der Waals surface area contributed by atoms with Gasteiger partial charge in [-0.1, -0.05) is 6.92 Å². The van der Waals surface area contributed by atoms with Gasteiger partial charge in [0.25, 0.3) is 0 Å². The molecule has 0 radical (unpaired) electrons. The van der Waals surface area contributed by atoms with Gasteiger partial charge in [0.1, 0.15) is 6.04 Å². The number of nitrogens with zero attached hydrogens (tertiary/aromatic N) is 1. The van der Waals surface area contributed by atoms with Gasteiger partial charge in [0.05, 0.1) is 0 Å². The summed E-state index contributed by atoms with van der Waals surface area (Å²) in [6, 6.07) is -0.401. The third kappa shape index (κ3) is 4.18. The summed E-state index contributed by atoms with van der Waals surface area (Å²) in [6.45, 7) is 5.40. The van der Waals surface area contributed by atoms with E-state index in [9.17, 15) is 4.79 Å². The molecule has 2 unspecified atom stereocenters. The van der Waals surface area contributed by atoms with Crippen LogP contribution < -0.4 is 5.32 Å². The predicted octanol–water partition coefficient (Wildman–Crippen LogP) is 0.781. The SMILES string of the molecule is CNC(CCN1CCCC(C)C1)C(=O)O. The molecular formula is C11H22N2O2. The monoisotopic (exact) mass is 214 g/mol. The first-order valence-corrected chi connectivity index (χ1v) is 5.76. The molecule has 2 atom stereocenters. The number of carboxylic acid groups (broad SMARTS) is 1. The first-order chi connectivity index (χ1) is 7.13. The summed E-state index contributed by atoms with van der Waals surface area (Å²) in [4.78, 5) is 13.2. The van der Waals surface area contributed by atoms with Crippen molar-refractivity contribution < 1.29 is 9.90 Å². The lowest BCUT2D eigenvalue weighted by Gasteiger charge is -2.31. The van der Waals surface area contributed by atoms with E-state index in [1.165, 1.54) is 12.8 Å². The Morgan fingerprint density at radius 1 is 1.67 bits per heavy atom. The maximum absolute atomic E-state index is 10.8. The van der Waals surface area contributed by atoms with Gasteiger partial charge in [0.15, 0.2) is 0 Å². The lowest BCUT2D eigenvalue weighted by molar-refractivity contribution is -0.139. The van der Waals surface area contributed by atoms with Gasteiger partial charge in [-0.05, 0) is 38.8 Å². The number of likely N-dealkylation sites (tertiary alicyclic amines) is 1. The first kappa shape index (κ1) is 12.5. The van der Waals surface area contributed by atoms with Crippen LogP contribution in [0.15, 0.2) is 0 Å². The molecule has 1 saturated heterocycles. The van der Waals surface area contributed by atoms with Crippen molar-refractivity contribution in [2.75, 3.05) is 26.7 Å². The summed E-state index contributed by atoms with van der Waals surface area (Å²) in [6.07, 6.45) is 3.25. The van der Waals surface area contributed by atoms with Gasteiger partial charge in [0.2, 0.25) is 0 Å². The van der Waals surface area contributed by atoms with Gasteiger partial charge in [-0.3, -0.25) is 4.79 Å². The van der Waals surface area contributed by atoms with Gasteiger partial charge in [-0.2, -0.15) is 0 Å². The lowest BCUT2D eigenvalue weighted by Crippen LogP contribution is -2.40. The third-order valence-electron chi connectivity index (χ3n) is 3.12. The predicted molar refractivity (Wildman–Crippen MR) is 59.9 cm³/mol. The first-order valence-electron chi connectivity index (χ1n) is 5.76. The van der Waals surface area contributed by atoms with E-state index in [1.54, 1.807) is 7.05 Å². The molecule has 0 amide bonds. The van der Waals surface area contributed by atoms with Gasteiger partial charge < -0.3 is 15.3 Å². The Morgan fingerprint density at radius 3 is 2.93 bits per heavy atom. The smallest absolute Gasteiger partial charge is 0.320 e. The molecule has 0 aliphatic carbocycles. The highest BCUT2D eigenvalue weighted by Crippen LogP contribution is 2.15. The third-order valence-corrected chi connectivity index (χ3v) is 3.12. The van der Waals surface area contributed by atoms with Crippen molar-refractivity contribution in [3.8, 4) is 0 Å². The van der Waals surface area contributed by atoms with E-state index in [1.807, 2.05) is 0 Å². The molecule has 4 heteroatoms. The maximum Gasteiger partial charge on any atom is 0.320 e. The topological polar surface area (TPSA) is 52.6 Å². The van der Waals surface area contributed by atoms with E-state index in [0.717, 1.165) is 25.6 Å². The molecule has 0 aromatic rings. The minimum absolute atomic E-state index is 0.401. The minimum atomic E-state index is -0.748. The zero-order valence-electron chi connectivity index (χ0n) is 9.70. The van der Waals surface area contributed by atoms with Crippen molar-refractivity contribution in [1.82, 2.24) is 10.2 Å². The van der Waals surface area contributed by atoms with Crippen molar-refractivity contribution in [1.29, 1.82) is 0 Å². The summed E-state index contributed by atoms with van der Waals surface area (Å²) < 4.78 is 0. The number of hydrogen-bond donors (Lipinski definition) is 2. The quantitative estimate of drug-likeness (QED) is 0.710. The summed E-state index contributed by atoms with van der Waals surface area (Å²) in [5, 5.41) is 11.7. The average molecular weight is 214 g/mol. The number of aliphatic carboxylic acids is 1. The number of likely N-dealkylation sites (N-methyl/N-ethyl adjacent to an activating group) is 1. The van der Waals surface area contributed by atoms with Crippen LogP contribution in [0.5, 0.6) is 0 Å². The zero-order chi connectivity index (χ0) is 11.3. The zero-order valence-corrected chi connectivity index (χ0v) is 9.70. The van der Waals surface area contributed by atoms with Crippen molar-refractivity contribution in [3.05, 3.63) is 0 Å². The Bertz CT molecular complexity index is 209. The molecule has 0 spiro atoms. The lowest BCUT2D eigenvalue weighted by atomic mass is 10.00. The van der Waals surface area contributed by atoms with Crippen LogP contribution in [-0.4, -0.2) is 48.7 Å². The normalized spacial score (nSPS) is 25.1. The molecule has 1 fully saturated rings. The molecule has 1 aliphatic rings. The van der Waals surface area contributed by atoms with Gasteiger partial charge >= 0.3 is 5.97 Å². The van der Waals surface area contributed by atoms with E-state index in [0.29, 0.717) is 6.42 Å². The number of carbonyl (C=O) groups is 1. The van der Waals surface area contributed by atoms with E-state index >= 15 is 0 Å². The van der Waals surface area contributed by atoms with Crippen LogP contribution in [0.2, 0.25) is 0 Å². The number of piperidine rings is 1. The standard InChI is InChI=1S/C11H22N2O2/c1-9-4-3-6-13(8-9)7-5-10(12-2)11(14)15/h9-10,12H,3-8H2,1-2H3,(H,14,15). The maximum atomic E-state index is 10.8. The van der Waals surface area contributed by atoms with Crippen molar-refractivity contribution in [3.63, 3.8) is 0 Å². The Labute approximate surface area is 91.6 Å². The minimum Gasteiger partial charge on any atom is -0.480 e. The summed E-state index contributed by atoms with van der Waals surface area (Å²) in [5.74, 6) is 0.0131. The van der Waals surface area contributed by atoms with Gasteiger partial charge in [-0.15, -0.1) is 0 Å². The molecule has 2 N–H and O–H groups in total. The molecule has 1 aliphatic heterocycles. The average Bonchev–Trinajstić information content (AvgIpc) is 2.18. The summed E-state index contributed by atoms with van der Waals surface area (Å²) in [7, 11) is 1.71. The van der Waals surface area contributed by atoms with Crippen LogP contribution in [-0.2, 0) is 4.79 Å². The molecule has 0 aromatic carbocycles. The highest BCUT2D eigenvalue weighted by Gasteiger charge is 2.19. The molecule has 1 rings (SSSR count). The largest absolute Gasteiger partial charge is 0.480 e. The van der Waals surface area contributed by atoms with Crippen LogP contribution >= 0.6 is 0 Å². The number of carboxylic acids is 1. The van der Waals surface area contributed by atoms with E-state index in [4.69, 9.17) is 5.11 Å². The molecule has 0 saturated carbocycles. The van der Waals surface area contributed by atoms with Gasteiger partial charge in [0, 0.05) is 13.1 Å². The summed E-state index contributed by atoms with van der Waals surface area (Å²) in [5.41, 5.74) is 0. The molecule has 4 nitrogen and oxygen atoms in total. The van der Waals surface area contributed by atoms with Crippen LogP contribution in [0, 0.1) is 5.92 Å². The fourth-order valence-electron chi connectivity index (χ4n) is 2.19. The second kappa shape index (κ2) is 6.08. The van der Waals surface area contributed by atoms with E-state index in [2.05, 4.69) is 17.1 Å². The highest BCUT2D eigenvalue weighted by atomic mass is 16.4. The molecule has 0 aromatic heterocycles. The fraction of sp³-hybridized carbons (Fsp3) is 0.909. The Kier molecular flexibility index (Phi) is 5.05. The van der Waals surface area contributed by atoms with Crippen molar-refractivity contribution in [2.24, 2.45) is 5.92 Å². The second-order valence-electron chi connectivity index (χ2n) is 4.52. The number of hydrogen-bond acceptors (Lipinski definition) is 3. The Hall–Kier alpha value is -0.610. The molecule has 1 heterocycles. The van der Waals surface area contributed by atoms with Gasteiger partial charge in [-0.25, -0.2) is 0 Å². The van der Waals surface area contributed by atoms with Crippen molar-refractivity contribution >= 4 is 5.97 Å². The fourth-order valence-corrected chi connectivity index (χ4v) is 2.19. The van der Waals surface area contributed by atoms with Crippen molar-refractivity contribution in [2.45, 2.75) is 32.2 Å². The number of nitrogens with one attached hydrogen (secondary N) is 1. The molecule has 88 valence electrons. The van der Waals surface area contributed by atoms with E-state index < -0.39 is 12.0 Å². The van der Waals surface area contributed by atoms with Crippen LogP contribution in [0.25, 0.3) is 0 Å². The Balaban J connectivity index is 2.26. The van der Waals surface area contributed by atoms with Crippen LogP contribution in [0.3, 0.4) is 0 Å². The summed E-state index contributed by atoms with van der Waals surface area (Å²) >= 11 is 0. The second-order valence-corrected chi connectivity index (χ2v) is 4.52. The van der Waals surface area contributed by atoms with E-state index in [-0.39, 0.29) is 0 Å². The van der Waals surface area contributed by atoms with Crippen LogP contribution in [0.4, 0.5) is 0 Å². The highest BCUT2D eigenvalue weighted by molar-refractivity contribution is 5.73. The van der Waals surface area contributed by atoms with Crippen LogP contribution in [0.1, 0.15) is 26.2 Å². The molecule has 15 heavy (non-hydrogen) atoms. The number of rotatable bonds is 5.